The largest absolute Gasteiger partial charge is 0.288 e. The maximum Gasteiger partial charge on any atom is 0.203 e. The molecule has 0 saturated carbocycles. The lowest BCUT2D eigenvalue weighted by atomic mass is 10.0. The molecule has 0 unspecified atom stereocenters. The lowest BCUT2D eigenvalue weighted by Crippen LogP contribution is -2.01. The highest BCUT2D eigenvalue weighted by Gasteiger charge is 2.11. The number of fused-ring (bicyclic) bond motifs is 1. The zero-order chi connectivity index (χ0) is 15.4. The molecule has 22 heavy (non-hydrogen) atoms. The van der Waals surface area contributed by atoms with E-state index in [0.717, 1.165) is 16.3 Å². The summed E-state index contributed by atoms with van der Waals surface area (Å²) in [5, 5.41) is 11.5. The molecule has 3 aromatic rings. The van der Waals surface area contributed by atoms with Gasteiger partial charge in [0.05, 0.1) is 0 Å². The Balaban J connectivity index is 2.00. The number of Topliss-reactive ketones (excluding diaryl/α,β-unsaturated/α-hetero) is 1. The van der Waals surface area contributed by atoms with Crippen molar-refractivity contribution in [2.45, 2.75) is 0 Å². The van der Waals surface area contributed by atoms with Gasteiger partial charge in [-0.1, -0.05) is 66.7 Å². The van der Waals surface area contributed by atoms with E-state index in [1.165, 1.54) is 0 Å². The number of nitriles is 1. The second-order valence-electron chi connectivity index (χ2n) is 4.97. The highest BCUT2D eigenvalue weighted by molar-refractivity contribution is 6.14. The summed E-state index contributed by atoms with van der Waals surface area (Å²) >= 11 is 0. The number of allylic oxidation sites excluding steroid dienone is 1. The van der Waals surface area contributed by atoms with Crippen LogP contribution in [0.1, 0.15) is 15.9 Å². The van der Waals surface area contributed by atoms with Crippen LogP contribution in [-0.4, -0.2) is 5.78 Å². The smallest absolute Gasteiger partial charge is 0.203 e. The molecule has 3 aromatic carbocycles. The summed E-state index contributed by atoms with van der Waals surface area (Å²) in [6.07, 6.45) is 1.64. The molecule has 3 rings (SSSR count). The summed E-state index contributed by atoms with van der Waals surface area (Å²) in [6.45, 7) is 0. The predicted molar refractivity (Wildman–Crippen MR) is 88.3 cm³/mol. The SMILES string of the molecule is N#CC(=Cc1ccc2ccccc2c1)C(=O)c1ccccc1. The van der Waals surface area contributed by atoms with Crippen molar-refractivity contribution in [1.82, 2.24) is 0 Å². The minimum atomic E-state index is -0.253. The third-order valence-corrected chi connectivity index (χ3v) is 3.49. The Labute approximate surface area is 128 Å². The van der Waals surface area contributed by atoms with Crippen LogP contribution in [0.3, 0.4) is 0 Å². The van der Waals surface area contributed by atoms with Crippen molar-refractivity contribution in [2.75, 3.05) is 0 Å². The highest BCUT2D eigenvalue weighted by atomic mass is 16.1. The van der Waals surface area contributed by atoms with Gasteiger partial charge < -0.3 is 0 Å². The van der Waals surface area contributed by atoms with E-state index >= 15 is 0 Å². The normalized spacial score (nSPS) is 11.1. The Kier molecular flexibility index (Phi) is 3.80. The van der Waals surface area contributed by atoms with Crippen molar-refractivity contribution in [1.29, 1.82) is 5.26 Å². The molecule has 0 bridgehead atoms. The summed E-state index contributed by atoms with van der Waals surface area (Å²) in [5.74, 6) is -0.253. The molecule has 0 saturated heterocycles. The van der Waals surface area contributed by atoms with Gasteiger partial charge in [-0.2, -0.15) is 5.26 Å². The molecule has 0 aliphatic carbocycles. The van der Waals surface area contributed by atoms with Gasteiger partial charge in [-0.3, -0.25) is 4.79 Å². The summed E-state index contributed by atoms with van der Waals surface area (Å²) < 4.78 is 0. The Morgan fingerprint density at radius 2 is 1.55 bits per heavy atom. The van der Waals surface area contributed by atoms with Crippen molar-refractivity contribution < 1.29 is 4.79 Å². The van der Waals surface area contributed by atoms with Crippen LogP contribution in [0.15, 0.2) is 78.4 Å². The molecule has 2 heteroatoms. The first-order valence-corrected chi connectivity index (χ1v) is 6.98. The van der Waals surface area contributed by atoms with E-state index in [4.69, 9.17) is 0 Å². The lowest BCUT2D eigenvalue weighted by Gasteiger charge is -2.02. The average Bonchev–Trinajstić information content (AvgIpc) is 2.59. The maximum absolute atomic E-state index is 12.4. The van der Waals surface area contributed by atoms with Crippen molar-refractivity contribution in [3.05, 3.63) is 89.5 Å². The Hall–Kier alpha value is -3.18. The molecular weight excluding hydrogens is 270 g/mol. The van der Waals surface area contributed by atoms with Crippen LogP contribution in [-0.2, 0) is 0 Å². The summed E-state index contributed by atoms with van der Waals surface area (Å²) in [4.78, 5) is 12.4. The second-order valence-corrected chi connectivity index (χ2v) is 4.97. The molecule has 0 atom stereocenters. The van der Waals surface area contributed by atoms with Crippen molar-refractivity contribution in [3.63, 3.8) is 0 Å². The van der Waals surface area contributed by atoms with Crippen LogP contribution in [0, 0.1) is 11.3 Å². The Morgan fingerprint density at radius 1 is 0.864 bits per heavy atom. The van der Waals surface area contributed by atoms with Crippen molar-refractivity contribution in [3.8, 4) is 6.07 Å². The van der Waals surface area contributed by atoms with Gasteiger partial charge in [-0.25, -0.2) is 0 Å². The lowest BCUT2D eigenvalue weighted by molar-refractivity contribution is 0.104. The van der Waals surface area contributed by atoms with Gasteiger partial charge in [-0.15, -0.1) is 0 Å². The van der Waals surface area contributed by atoms with Crippen molar-refractivity contribution >= 4 is 22.6 Å². The molecule has 0 amide bonds. The van der Waals surface area contributed by atoms with Gasteiger partial charge in [0.2, 0.25) is 5.78 Å². The van der Waals surface area contributed by atoms with E-state index < -0.39 is 0 Å². The van der Waals surface area contributed by atoms with Gasteiger partial charge in [0.1, 0.15) is 11.6 Å². The summed E-state index contributed by atoms with van der Waals surface area (Å²) in [6, 6.07) is 24.7. The molecule has 104 valence electrons. The van der Waals surface area contributed by atoms with Gasteiger partial charge in [0, 0.05) is 5.56 Å². The number of rotatable bonds is 3. The molecule has 0 radical (unpaired) electrons. The number of carbonyl (C=O) groups excluding carboxylic acids is 1. The topological polar surface area (TPSA) is 40.9 Å². The number of benzene rings is 3. The minimum absolute atomic E-state index is 0.140. The van der Waals surface area contributed by atoms with Gasteiger partial charge in [0.15, 0.2) is 0 Å². The predicted octanol–water partition coefficient (Wildman–Crippen LogP) is 4.63. The fourth-order valence-electron chi connectivity index (χ4n) is 2.36. The highest BCUT2D eigenvalue weighted by Crippen LogP contribution is 2.18. The van der Waals surface area contributed by atoms with Crippen molar-refractivity contribution in [2.24, 2.45) is 0 Å². The quantitative estimate of drug-likeness (QED) is 0.399. The Bertz CT molecular complexity index is 902. The number of nitrogens with zero attached hydrogens (tertiary/aromatic N) is 1. The number of ketones is 1. The van der Waals surface area contributed by atoms with E-state index in [2.05, 4.69) is 0 Å². The van der Waals surface area contributed by atoms with E-state index in [0.29, 0.717) is 5.56 Å². The average molecular weight is 283 g/mol. The second kappa shape index (κ2) is 6.07. The standard InChI is InChI=1S/C20H13NO/c21-14-19(20(22)17-7-2-1-3-8-17)13-15-10-11-16-6-4-5-9-18(16)12-15/h1-13H. The van der Waals surface area contributed by atoms with Crippen LogP contribution in [0.4, 0.5) is 0 Å². The number of carbonyl (C=O) groups is 1. The van der Waals surface area contributed by atoms with Crippen LogP contribution in [0.2, 0.25) is 0 Å². The molecule has 0 aliphatic rings. The first kappa shape index (κ1) is 13.8. The fourth-order valence-corrected chi connectivity index (χ4v) is 2.36. The van der Waals surface area contributed by atoms with E-state index in [1.807, 2.05) is 54.6 Å². The van der Waals surface area contributed by atoms with Crippen LogP contribution < -0.4 is 0 Å². The van der Waals surface area contributed by atoms with E-state index in [9.17, 15) is 10.1 Å². The third-order valence-electron chi connectivity index (χ3n) is 3.49. The molecule has 0 N–H and O–H groups in total. The molecule has 0 fully saturated rings. The third kappa shape index (κ3) is 2.79. The van der Waals surface area contributed by atoms with Crippen LogP contribution in [0.5, 0.6) is 0 Å². The monoisotopic (exact) mass is 283 g/mol. The molecular formula is C20H13NO. The fraction of sp³-hybridized carbons (Fsp3) is 0. The van der Waals surface area contributed by atoms with E-state index in [-0.39, 0.29) is 11.4 Å². The zero-order valence-corrected chi connectivity index (χ0v) is 11.9. The van der Waals surface area contributed by atoms with E-state index in [1.54, 1.807) is 30.3 Å². The minimum Gasteiger partial charge on any atom is -0.288 e. The van der Waals surface area contributed by atoms with Crippen LogP contribution >= 0.6 is 0 Å². The molecule has 0 heterocycles. The summed E-state index contributed by atoms with van der Waals surface area (Å²) in [7, 11) is 0. The molecule has 0 aromatic heterocycles. The maximum atomic E-state index is 12.4. The molecule has 0 spiro atoms. The van der Waals surface area contributed by atoms with Gasteiger partial charge >= 0.3 is 0 Å². The number of hydrogen-bond donors (Lipinski definition) is 0. The number of hydrogen-bond acceptors (Lipinski definition) is 2. The first-order valence-electron chi connectivity index (χ1n) is 6.98. The summed E-state index contributed by atoms with van der Waals surface area (Å²) in [5.41, 5.74) is 1.51. The van der Waals surface area contributed by atoms with Gasteiger partial charge in [-0.05, 0) is 28.5 Å². The molecule has 0 aliphatic heterocycles. The first-order chi connectivity index (χ1) is 10.8. The zero-order valence-electron chi connectivity index (χ0n) is 11.9. The van der Waals surface area contributed by atoms with Crippen LogP contribution in [0.25, 0.3) is 16.8 Å². The molecule has 2 nitrogen and oxygen atoms in total. The Morgan fingerprint density at radius 3 is 2.27 bits per heavy atom. The van der Waals surface area contributed by atoms with Gasteiger partial charge in [0.25, 0.3) is 0 Å².